The van der Waals surface area contributed by atoms with Gasteiger partial charge in [0.15, 0.2) is 17.2 Å². The van der Waals surface area contributed by atoms with Crippen LogP contribution < -0.4 is 5.32 Å². The number of aromatic nitrogens is 2. The molecule has 4 rings (SSSR count). The van der Waals surface area contributed by atoms with Crippen LogP contribution in [0.1, 0.15) is 16.1 Å². The molecule has 1 amide bonds. The predicted octanol–water partition coefficient (Wildman–Crippen LogP) is 3.99. The summed E-state index contributed by atoms with van der Waals surface area (Å²) in [6.07, 6.45) is 3.31. The number of nitrogens with one attached hydrogen (secondary N) is 1. The van der Waals surface area contributed by atoms with E-state index in [1.54, 1.807) is 18.5 Å². The Hall–Kier alpha value is -3.19. The van der Waals surface area contributed by atoms with Crippen molar-refractivity contribution in [3.05, 3.63) is 71.6 Å². The molecule has 0 fully saturated rings. The van der Waals surface area contributed by atoms with E-state index in [0.717, 1.165) is 16.1 Å². The van der Waals surface area contributed by atoms with Crippen LogP contribution in [0, 0.1) is 0 Å². The average molecular weight is 351 g/mol. The molecular formula is C18H13N3O3S. The van der Waals surface area contributed by atoms with Gasteiger partial charge in [-0.05, 0) is 35.2 Å². The summed E-state index contributed by atoms with van der Waals surface area (Å²) in [5, 5.41) is 8.57. The Morgan fingerprint density at radius 2 is 2.12 bits per heavy atom. The highest BCUT2D eigenvalue weighted by Crippen LogP contribution is 2.25. The Kier molecular flexibility index (Phi) is 4.14. The first-order valence-electron chi connectivity index (χ1n) is 7.57. The van der Waals surface area contributed by atoms with Gasteiger partial charge >= 0.3 is 0 Å². The van der Waals surface area contributed by atoms with Crippen LogP contribution in [-0.2, 0) is 6.54 Å². The maximum absolute atomic E-state index is 12.2. The van der Waals surface area contributed by atoms with Crippen LogP contribution in [0.5, 0.6) is 0 Å². The number of hydrogen-bond acceptors (Lipinski definition) is 6. The molecule has 0 radical (unpaired) electrons. The Bertz CT molecular complexity index is 958. The second-order valence-corrected chi connectivity index (χ2v) is 6.21. The molecule has 0 bridgehead atoms. The third kappa shape index (κ3) is 3.36. The summed E-state index contributed by atoms with van der Waals surface area (Å²) < 4.78 is 10.5. The second-order valence-electron chi connectivity index (χ2n) is 5.27. The number of thiophene rings is 1. The molecular weight excluding hydrogens is 338 g/mol. The minimum absolute atomic E-state index is 0.253. The predicted molar refractivity (Wildman–Crippen MR) is 92.9 cm³/mol. The fourth-order valence-electron chi connectivity index (χ4n) is 2.29. The summed E-state index contributed by atoms with van der Waals surface area (Å²) in [6.45, 7) is 0.353. The highest BCUT2D eigenvalue weighted by Gasteiger charge is 2.14. The summed E-state index contributed by atoms with van der Waals surface area (Å²) in [5.41, 5.74) is 1.88. The van der Waals surface area contributed by atoms with Crippen molar-refractivity contribution < 1.29 is 13.7 Å². The SMILES string of the molecule is O=C(NCc1ccc(-c2ccco2)nc1)c1cc(-c2cccs2)on1. The molecule has 0 aliphatic carbocycles. The van der Waals surface area contributed by atoms with Gasteiger partial charge in [0, 0.05) is 18.8 Å². The average Bonchev–Trinajstić information content (AvgIpc) is 3.42. The largest absolute Gasteiger partial charge is 0.463 e. The van der Waals surface area contributed by atoms with Crippen LogP contribution in [0.4, 0.5) is 0 Å². The third-order valence-electron chi connectivity index (χ3n) is 3.56. The molecule has 0 atom stereocenters. The summed E-state index contributed by atoms with van der Waals surface area (Å²) in [5.74, 6) is 1.01. The summed E-state index contributed by atoms with van der Waals surface area (Å²) in [6, 6.07) is 12.9. The number of carbonyl (C=O) groups excluding carboxylic acids is 1. The van der Waals surface area contributed by atoms with E-state index >= 15 is 0 Å². The fourth-order valence-corrected chi connectivity index (χ4v) is 2.96. The molecule has 0 saturated heterocycles. The van der Waals surface area contributed by atoms with Crippen molar-refractivity contribution in [2.45, 2.75) is 6.54 Å². The Balaban J connectivity index is 1.39. The molecule has 1 N–H and O–H groups in total. The molecule has 0 aromatic carbocycles. The van der Waals surface area contributed by atoms with Crippen molar-refractivity contribution in [3.8, 4) is 22.1 Å². The number of rotatable bonds is 5. The molecule has 25 heavy (non-hydrogen) atoms. The van der Waals surface area contributed by atoms with Crippen molar-refractivity contribution in [1.29, 1.82) is 0 Å². The molecule has 0 unspecified atom stereocenters. The molecule has 124 valence electrons. The maximum atomic E-state index is 12.2. The lowest BCUT2D eigenvalue weighted by Crippen LogP contribution is -2.23. The van der Waals surface area contributed by atoms with Crippen LogP contribution in [0.25, 0.3) is 22.1 Å². The lowest BCUT2D eigenvalue weighted by molar-refractivity contribution is 0.0942. The summed E-state index contributed by atoms with van der Waals surface area (Å²) in [4.78, 5) is 17.5. The lowest BCUT2D eigenvalue weighted by Gasteiger charge is -2.03. The van der Waals surface area contributed by atoms with E-state index in [1.165, 1.54) is 11.3 Å². The van der Waals surface area contributed by atoms with E-state index in [0.29, 0.717) is 18.1 Å². The zero-order valence-corrected chi connectivity index (χ0v) is 13.8. The molecule has 4 aromatic rings. The number of amides is 1. The van der Waals surface area contributed by atoms with Crippen LogP contribution in [0.15, 0.2) is 69.2 Å². The minimum atomic E-state index is -0.290. The monoisotopic (exact) mass is 351 g/mol. The quantitative estimate of drug-likeness (QED) is 0.588. The maximum Gasteiger partial charge on any atom is 0.273 e. The first-order chi connectivity index (χ1) is 12.3. The number of hydrogen-bond donors (Lipinski definition) is 1. The van der Waals surface area contributed by atoms with Gasteiger partial charge in [0.05, 0.1) is 11.1 Å². The van der Waals surface area contributed by atoms with Crippen LogP contribution >= 0.6 is 11.3 Å². The number of furan rings is 1. The highest BCUT2D eigenvalue weighted by molar-refractivity contribution is 7.13. The molecule has 4 heterocycles. The summed E-state index contributed by atoms with van der Waals surface area (Å²) in [7, 11) is 0. The van der Waals surface area contributed by atoms with Crippen molar-refractivity contribution in [1.82, 2.24) is 15.5 Å². The lowest BCUT2D eigenvalue weighted by atomic mass is 10.2. The molecule has 7 heteroatoms. The van der Waals surface area contributed by atoms with Crippen molar-refractivity contribution in [3.63, 3.8) is 0 Å². The van der Waals surface area contributed by atoms with Gasteiger partial charge in [-0.15, -0.1) is 11.3 Å². The first-order valence-corrected chi connectivity index (χ1v) is 8.45. The third-order valence-corrected chi connectivity index (χ3v) is 4.44. The minimum Gasteiger partial charge on any atom is -0.463 e. The summed E-state index contributed by atoms with van der Waals surface area (Å²) >= 11 is 1.53. The fraction of sp³-hybridized carbons (Fsp3) is 0.0556. The topological polar surface area (TPSA) is 81.2 Å². The molecule has 0 aliphatic rings. The van der Waals surface area contributed by atoms with Gasteiger partial charge in [-0.25, -0.2) is 0 Å². The van der Waals surface area contributed by atoms with E-state index in [9.17, 15) is 4.79 Å². The molecule has 6 nitrogen and oxygen atoms in total. The van der Waals surface area contributed by atoms with Crippen molar-refractivity contribution in [2.24, 2.45) is 0 Å². The Morgan fingerprint density at radius 3 is 2.84 bits per heavy atom. The van der Waals surface area contributed by atoms with Gasteiger partial charge in [-0.2, -0.15) is 0 Å². The van der Waals surface area contributed by atoms with Crippen molar-refractivity contribution >= 4 is 17.2 Å². The van der Waals surface area contributed by atoms with Gasteiger partial charge in [0.2, 0.25) is 0 Å². The standard InChI is InChI=1S/C18H13N3O3S/c22-18(14-9-16(24-21-14)17-4-2-8-25-17)20-11-12-5-6-13(19-10-12)15-3-1-7-23-15/h1-10H,11H2,(H,20,22). The van der Waals surface area contributed by atoms with E-state index in [-0.39, 0.29) is 11.6 Å². The first kappa shape index (κ1) is 15.3. The van der Waals surface area contributed by atoms with E-state index < -0.39 is 0 Å². The molecule has 0 spiro atoms. The van der Waals surface area contributed by atoms with E-state index in [1.807, 2.05) is 41.8 Å². The van der Waals surface area contributed by atoms with Crippen molar-refractivity contribution in [2.75, 3.05) is 0 Å². The van der Waals surface area contributed by atoms with Gasteiger partial charge in [0.1, 0.15) is 5.69 Å². The highest BCUT2D eigenvalue weighted by atomic mass is 32.1. The van der Waals surface area contributed by atoms with E-state index in [2.05, 4.69) is 15.5 Å². The molecule has 0 saturated carbocycles. The molecule has 0 aliphatic heterocycles. The Labute approximate surface area is 147 Å². The number of pyridine rings is 1. The van der Waals surface area contributed by atoms with Gasteiger partial charge in [-0.3, -0.25) is 9.78 Å². The normalized spacial score (nSPS) is 10.7. The van der Waals surface area contributed by atoms with Gasteiger partial charge < -0.3 is 14.3 Å². The molecule has 4 aromatic heterocycles. The van der Waals surface area contributed by atoms with Crippen LogP contribution in [0.3, 0.4) is 0 Å². The zero-order valence-electron chi connectivity index (χ0n) is 13.0. The van der Waals surface area contributed by atoms with Gasteiger partial charge in [-0.1, -0.05) is 17.3 Å². The number of carbonyl (C=O) groups is 1. The van der Waals surface area contributed by atoms with Crippen LogP contribution in [0.2, 0.25) is 0 Å². The second kappa shape index (κ2) is 6.74. The number of nitrogens with zero attached hydrogens (tertiary/aromatic N) is 2. The van der Waals surface area contributed by atoms with Crippen LogP contribution in [-0.4, -0.2) is 16.0 Å². The van der Waals surface area contributed by atoms with Gasteiger partial charge in [0.25, 0.3) is 5.91 Å². The smallest absolute Gasteiger partial charge is 0.273 e. The Morgan fingerprint density at radius 1 is 1.16 bits per heavy atom. The van der Waals surface area contributed by atoms with E-state index in [4.69, 9.17) is 8.94 Å². The zero-order chi connectivity index (χ0) is 17.1.